The van der Waals surface area contributed by atoms with Crippen LogP contribution in [0, 0.1) is 24.2 Å². The summed E-state index contributed by atoms with van der Waals surface area (Å²) in [4.78, 5) is 3.99. The molecule has 2 unspecified atom stereocenters. The number of rotatable bonds is 10. The monoisotopic (exact) mass is 354 g/mol. The number of hydrogen-bond donors (Lipinski definition) is 1. The molecule has 5 heteroatoms. The van der Waals surface area contributed by atoms with Crippen LogP contribution in [0.4, 0.5) is 0 Å². The van der Waals surface area contributed by atoms with Crippen molar-refractivity contribution in [1.29, 1.82) is 0 Å². The van der Waals surface area contributed by atoms with E-state index in [-0.39, 0.29) is 6.10 Å². The lowest BCUT2D eigenvalue weighted by atomic mass is 9.92. The number of terminal acetylenes is 1. The van der Waals surface area contributed by atoms with E-state index in [1.165, 1.54) is 12.8 Å². The van der Waals surface area contributed by atoms with Gasteiger partial charge in [0.2, 0.25) is 0 Å². The Bertz CT molecular complexity index is 506. The van der Waals surface area contributed by atoms with Crippen LogP contribution in [0.15, 0.2) is 29.1 Å². The molecule has 0 spiro atoms. The Hall–Kier alpha value is -0.810. The van der Waals surface area contributed by atoms with E-state index in [9.17, 15) is 0 Å². The zero-order valence-corrected chi connectivity index (χ0v) is 16.2. The third kappa shape index (κ3) is 8.02. The molecule has 0 aromatic rings. The van der Waals surface area contributed by atoms with Crippen molar-refractivity contribution in [2.45, 2.75) is 44.9 Å². The lowest BCUT2D eigenvalue weighted by Crippen LogP contribution is -2.28. The Morgan fingerprint density at radius 3 is 2.78 bits per heavy atom. The summed E-state index contributed by atoms with van der Waals surface area (Å²) in [5, 5.41) is 3.52. The summed E-state index contributed by atoms with van der Waals surface area (Å²) in [6, 6.07) is 0. The van der Waals surface area contributed by atoms with Crippen molar-refractivity contribution in [1.82, 2.24) is 5.32 Å². The second-order valence-corrected chi connectivity index (χ2v) is 7.49. The SMILES string of the molecule is C#CC(=C)N=C(Cl)/C=C(\C)O[C@@H](C)C(C[C@@H](P)CNC)C1CC1. The van der Waals surface area contributed by atoms with Gasteiger partial charge in [-0.15, -0.1) is 15.7 Å². The van der Waals surface area contributed by atoms with Crippen LogP contribution < -0.4 is 5.32 Å². The third-order valence-electron chi connectivity index (χ3n) is 3.97. The number of nitrogens with one attached hydrogen (secondary N) is 1. The normalized spacial score (nSPS) is 19.7. The highest BCUT2D eigenvalue weighted by atomic mass is 35.5. The van der Waals surface area contributed by atoms with Gasteiger partial charge < -0.3 is 10.1 Å². The summed E-state index contributed by atoms with van der Waals surface area (Å²) in [6.45, 7) is 8.64. The molecule has 0 aromatic heterocycles. The Labute approximate surface area is 148 Å². The minimum Gasteiger partial charge on any atom is -0.495 e. The molecule has 0 amide bonds. The molecule has 0 saturated heterocycles. The van der Waals surface area contributed by atoms with Crippen molar-refractivity contribution in [2.24, 2.45) is 16.8 Å². The van der Waals surface area contributed by atoms with Gasteiger partial charge in [-0.3, -0.25) is 0 Å². The van der Waals surface area contributed by atoms with E-state index in [4.69, 9.17) is 22.8 Å². The maximum atomic E-state index is 6.06. The number of nitrogens with zero attached hydrogens (tertiary/aromatic N) is 1. The van der Waals surface area contributed by atoms with E-state index in [2.05, 4.69) is 39.0 Å². The van der Waals surface area contributed by atoms with Crippen LogP contribution >= 0.6 is 20.8 Å². The van der Waals surface area contributed by atoms with Crippen LogP contribution in [-0.2, 0) is 4.74 Å². The molecule has 0 aromatic carbocycles. The summed E-state index contributed by atoms with van der Waals surface area (Å²) >= 11 is 6.04. The van der Waals surface area contributed by atoms with Crippen molar-refractivity contribution in [3.05, 3.63) is 24.1 Å². The van der Waals surface area contributed by atoms with Crippen LogP contribution in [-0.4, -0.2) is 30.5 Å². The first-order valence-electron chi connectivity index (χ1n) is 8.02. The van der Waals surface area contributed by atoms with Gasteiger partial charge in [-0.2, -0.15) is 0 Å². The first kappa shape index (κ1) is 20.2. The number of ether oxygens (including phenoxy) is 1. The summed E-state index contributed by atoms with van der Waals surface area (Å²) in [5.41, 5.74) is 0.867. The molecule has 0 radical (unpaired) electrons. The van der Waals surface area contributed by atoms with Gasteiger partial charge in [-0.1, -0.05) is 24.1 Å². The maximum Gasteiger partial charge on any atom is 0.133 e. The quantitative estimate of drug-likeness (QED) is 0.279. The molecule has 0 heterocycles. The Morgan fingerprint density at radius 2 is 2.26 bits per heavy atom. The van der Waals surface area contributed by atoms with Gasteiger partial charge in [0.05, 0.1) is 11.9 Å². The van der Waals surface area contributed by atoms with Crippen molar-refractivity contribution >= 4 is 26.0 Å². The lowest BCUT2D eigenvalue weighted by molar-refractivity contribution is 0.0657. The molecule has 128 valence electrons. The second-order valence-electron chi connectivity index (χ2n) is 6.16. The van der Waals surface area contributed by atoms with Gasteiger partial charge in [-0.05, 0) is 57.7 Å². The van der Waals surface area contributed by atoms with Gasteiger partial charge in [0.15, 0.2) is 0 Å². The van der Waals surface area contributed by atoms with Crippen LogP contribution in [0.2, 0.25) is 0 Å². The molecule has 1 rings (SSSR count). The van der Waals surface area contributed by atoms with E-state index in [0.29, 0.717) is 22.4 Å². The summed E-state index contributed by atoms with van der Waals surface area (Å²) in [6.07, 6.45) is 10.8. The van der Waals surface area contributed by atoms with E-state index in [1.54, 1.807) is 6.08 Å². The zero-order chi connectivity index (χ0) is 17.4. The van der Waals surface area contributed by atoms with Crippen LogP contribution in [0.3, 0.4) is 0 Å². The highest BCUT2D eigenvalue weighted by Crippen LogP contribution is 2.42. The minimum atomic E-state index is 0.152. The smallest absolute Gasteiger partial charge is 0.133 e. The molecule has 4 atom stereocenters. The maximum absolute atomic E-state index is 6.06. The molecule has 1 saturated carbocycles. The predicted octanol–water partition coefficient (Wildman–Crippen LogP) is 3.96. The fourth-order valence-electron chi connectivity index (χ4n) is 2.76. The second kappa shape index (κ2) is 10.1. The van der Waals surface area contributed by atoms with Crippen LogP contribution in [0.1, 0.15) is 33.1 Å². The molecule has 23 heavy (non-hydrogen) atoms. The highest BCUT2D eigenvalue weighted by molar-refractivity contribution is 7.17. The molecule has 0 aliphatic heterocycles. The fraction of sp³-hybridized carbons (Fsp3) is 0.611. The highest BCUT2D eigenvalue weighted by Gasteiger charge is 2.36. The van der Waals surface area contributed by atoms with E-state index in [1.807, 2.05) is 14.0 Å². The third-order valence-corrected chi connectivity index (χ3v) is 4.68. The Kier molecular flexibility index (Phi) is 8.92. The first-order chi connectivity index (χ1) is 10.9. The van der Waals surface area contributed by atoms with Crippen molar-refractivity contribution < 1.29 is 4.74 Å². The van der Waals surface area contributed by atoms with Gasteiger partial charge in [-0.25, -0.2) is 4.99 Å². The lowest BCUT2D eigenvalue weighted by Gasteiger charge is -2.27. The Morgan fingerprint density at radius 1 is 1.61 bits per heavy atom. The first-order valence-corrected chi connectivity index (χ1v) is 9.06. The molecule has 0 bridgehead atoms. The summed E-state index contributed by atoms with van der Waals surface area (Å²) in [5.74, 6) is 4.43. The number of allylic oxidation sites excluding steroid dienone is 3. The standard InChI is InChI=1S/C18H28ClN2OP/c1-6-12(2)21-18(19)9-13(3)22-14(4)17(15-7-8-15)10-16(23)11-20-5/h1,9,14-17,20H,2,7-8,10-11,23H2,3-5H3/b13-9+,21-18?/t14-,16+,17?/m0/s1. The molecular weight excluding hydrogens is 327 g/mol. The van der Waals surface area contributed by atoms with Crippen molar-refractivity contribution in [3.63, 3.8) is 0 Å². The molecule has 3 nitrogen and oxygen atoms in total. The van der Waals surface area contributed by atoms with Gasteiger partial charge in [0.1, 0.15) is 10.9 Å². The fourth-order valence-corrected chi connectivity index (χ4v) is 3.57. The van der Waals surface area contributed by atoms with Crippen LogP contribution in [0.25, 0.3) is 0 Å². The van der Waals surface area contributed by atoms with Gasteiger partial charge >= 0.3 is 0 Å². The topological polar surface area (TPSA) is 33.6 Å². The Balaban J connectivity index is 2.63. The molecule has 1 N–H and O–H groups in total. The summed E-state index contributed by atoms with van der Waals surface area (Å²) in [7, 11) is 4.92. The average molecular weight is 355 g/mol. The molecule has 1 aliphatic carbocycles. The largest absolute Gasteiger partial charge is 0.495 e. The molecule has 1 fully saturated rings. The van der Waals surface area contributed by atoms with E-state index < -0.39 is 0 Å². The summed E-state index contributed by atoms with van der Waals surface area (Å²) < 4.78 is 6.06. The van der Waals surface area contributed by atoms with Crippen LogP contribution in [0.5, 0.6) is 0 Å². The molecule has 1 aliphatic rings. The average Bonchev–Trinajstić information content (AvgIpc) is 3.28. The minimum absolute atomic E-state index is 0.152. The molecular formula is C18H28ClN2OP. The predicted molar refractivity (Wildman–Crippen MR) is 104 cm³/mol. The van der Waals surface area contributed by atoms with Crippen molar-refractivity contribution in [2.75, 3.05) is 13.6 Å². The van der Waals surface area contributed by atoms with Gasteiger partial charge in [0, 0.05) is 12.6 Å². The number of hydrogen-bond acceptors (Lipinski definition) is 3. The number of aliphatic imine (C=N–C) groups is 1. The number of halogens is 1. The zero-order valence-electron chi connectivity index (χ0n) is 14.3. The van der Waals surface area contributed by atoms with E-state index in [0.717, 1.165) is 24.6 Å². The van der Waals surface area contributed by atoms with Crippen molar-refractivity contribution in [3.8, 4) is 12.3 Å². The van der Waals surface area contributed by atoms with E-state index >= 15 is 0 Å². The van der Waals surface area contributed by atoms with Gasteiger partial charge in [0.25, 0.3) is 0 Å².